The fourth-order valence-corrected chi connectivity index (χ4v) is 2.85. The van der Waals surface area contributed by atoms with Gasteiger partial charge in [0, 0.05) is 5.56 Å². The molecule has 25 heavy (non-hydrogen) atoms. The molecular formula is C16H11FN4O3S. The molecule has 0 amide bonds. The van der Waals surface area contributed by atoms with Crippen LogP contribution in [0.2, 0.25) is 0 Å². The second-order valence-electron chi connectivity index (χ2n) is 5.28. The summed E-state index contributed by atoms with van der Waals surface area (Å²) in [7, 11) is 0. The molecular weight excluding hydrogens is 347 g/mol. The molecule has 0 aliphatic heterocycles. The van der Waals surface area contributed by atoms with E-state index in [1.807, 2.05) is 11.4 Å². The number of aromatic nitrogens is 4. The zero-order chi connectivity index (χ0) is 17.4. The van der Waals surface area contributed by atoms with Gasteiger partial charge in [-0.25, -0.2) is 9.18 Å². The van der Waals surface area contributed by atoms with Crippen molar-refractivity contribution in [3.05, 3.63) is 63.5 Å². The summed E-state index contributed by atoms with van der Waals surface area (Å²) in [6.07, 6.45) is 0. The molecule has 0 bridgehead atoms. The Morgan fingerprint density at radius 2 is 2.20 bits per heavy atom. The van der Waals surface area contributed by atoms with E-state index in [1.165, 1.54) is 17.4 Å². The molecule has 7 nitrogen and oxygen atoms in total. The maximum Gasteiger partial charge on any atom is 0.437 e. The van der Waals surface area contributed by atoms with Crippen molar-refractivity contribution >= 4 is 11.3 Å². The number of benzene rings is 1. The van der Waals surface area contributed by atoms with Crippen LogP contribution in [-0.2, 0) is 6.54 Å². The van der Waals surface area contributed by atoms with E-state index >= 15 is 0 Å². The van der Waals surface area contributed by atoms with E-state index in [0.717, 1.165) is 9.56 Å². The lowest BCUT2D eigenvalue weighted by Gasteiger charge is -1.97. The number of nitrogens with zero attached hydrogens (tertiary/aromatic N) is 4. The summed E-state index contributed by atoms with van der Waals surface area (Å²) in [5.74, 6) is -0.324. The normalized spacial score (nSPS) is 11.1. The van der Waals surface area contributed by atoms with Crippen LogP contribution in [0.1, 0.15) is 11.5 Å². The second kappa shape index (κ2) is 6.10. The van der Waals surface area contributed by atoms with Gasteiger partial charge in [-0.2, -0.15) is 9.67 Å². The molecule has 0 spiro atoms. The molecule has 0 fully saturated rings. The van der Waals surface area contributed by atoms with Gasteiger partial charge in [-0.05, 0) is 30.0 Å². The Labute approximate surface area is 144 Å². The number of hydrogen-bond acceptors (Lipinski definition) is 7. The van der Waals surface area contributed by atoms with Gasteiger partial charge in [-0.3, -0.25) is 0 Å². The van der Waals surface area contributed by atoms with Crippen LogP contribution >= 0.6 is 11.3 Å². The number of hydrogen-bond donors (Lipinski definition) is 0. The number of rotatable bonds is 4. The van der Waals surface area contributed by atoms with Crippen molar-refractivity contribution in [2.75, 3.05) is 0 Å². The van der Waals surface area contributed by atoms with Crippen molar-refractivity contribution in [1.29, 1.82) is 0 Å². The van der Waals surface area contributed by atoms with Crippen molar-refractivity contribution in [2.24, 2.45) is 0 Å². The molecule has 3 aromatic heterocycles. The molecule has 0 aliphatic carbocycles. The van der Waals surface area contributed by atoms with Crippen LogP contribution in [-0.4, -0.2) is 19.9 Å². The van der Waals surface area contributed by atoms with Gasteiger partial charge in [-0.15, -0.1) is 16.4 Å². The van der Waals surface area contributed by atoms with Crippen LogP contribution < -0.4 is 5.76 Å². The van der Waals surface area contributed by atoms with E-state index in [2.05, 4.69) is 15.2 Å². The summed E-state index contributed by atoms with van der Waals surface area (Å²) in [4.78, 5) is 16.8. The van der Waals surface area contributed by atoms with E-state index < -0.39 is 5.76 Å². The highest BCUT2D eigenvalue weighted by atomic mass is 32.1. The highest BCUT2D eigenvalue weighted by Gasteiger charge is 2.15. The smallest absolute Gasteiger partial charge is 0.387 e. The van der Waals surface area contributed by atoms with Crippen LogP contribution in [0.25, 0.3) is 22.2 Å². The van der Waals surface area contributed by atoms with Gasteiger partial charge in [0.15, 0.2) is 0 Å². The Balaban J connectivity index is 1.59. The van der Waals surface area contributed by atoms with Gasteiger partial charge < -0.3 is 8.94 Å². The second-order valence-corrected chi connectivity index (χ2v) is 6.23. The summed E-state index contributed by atoms with van der Waals surface area (Å²) in [5.41, 5.74) is 1.02. The van der Waals surface area contributed by atoms with Crippen LogP contribution in [0, 0.1) is 12.7 Å². The van der Waals surface area contributed by atoms with Crippen molar-refractivity contribution in [1.82, 2.24) is 19.9 Å². The van der Waals surface area contributed by atoms with E-state index in [0.29, 0.717) is 11.1 Å². The highest BCUT2D eigenvalue weighted by Crippen LogP contribution is 2.22. The van der Waals surface area contributed by atoms with Crippen molar-refractivity contribution in [2.45, 2.75) is 13.5 Å². The van der Waals surface area contributed by atoms with Gasteiger partial charge in [0.05, 0.1) is 4.88 Å². The summed E-state index contributed by atoms with van der Waals surface area (Å²) in [6.45, 7) is 1.64. The molecule has 0 N–H and O–H groups in total. The first-order valence-corrected chi connectivity index (χ1v) is 8.19. The zero-order valence-electron chi connectivity index (χ0n) is 13.0. The molecule has 126 valence electrons. The third-order valence-corrected chi connectivity index (χ3v) is 4.38. The van der Waals surface area contributed by atoms with Gasteiger partial charge in [0.25, 0.3) is 5.89 Å². The van der Waals surface area contributed by atoms with Crippen LogP contribution in [0.15, 0.2) is 49.4 Å². The maximum absolute atomic E-state index is 13.7. The Morgan fingerprint density at radius 1 is 1.32 bits per heavy atom. The van der Waals surface area contributed by atoms with Gasteiger partial charge in [0.1, 0.15) is 12.4 Å². The minimum atomic E-state index is -0.621. The Morgan fingerprint density at radius 3 is 2.96 bits per heavy atom. The molecule has 0 saturated heterocycles. The molecule has 0 saturated carbocycles. The minimum absolute atomic E-state index is 0.0327. The molecule has 1 aromatic carbocycles. The Kier molecular flexibility index (Phi) is 3.77. The maximum atomic E-state index is 13.7. The van der Waals surface area contributed by atoms with Crippen LogP contribution in [0.5, 0.6) is 0 Å². The van der Waals surface area contributed by atoms with Gasteiger partial charge in [-0.1, -0.05) is 23.4 Å². The fourth-order valence-electron chi connectivity index (χ4n) is 2.20. The fraction of sp³-hybridized carbons (Fsp3) is 0.125. The molecule has 0 aliphatic rings. The third-order valence-electron chi connectivity index (χ3n) is 3.52. The quantitative estimate of drug-likeness (QED) is 0.557. The molecule has 9 heteroatoms. The topological polar surface area (TPSA) is 87.0 Å². The molecule has 0 radical (unpaired) electrons. The lowest BCUT2D eigenvalue weighted by Crippen LogP contribution is -2.16. The number of halogens is 1. The number of thiophene rings is 1. The zero-order valence-corrected chi connectivity index (χ0v) is 13.8. The van der Waals surface area contributed by atoms with Crippen LogP contribution in [0.3, 0.4) is 0 Å². The predicted molar refractivity (Wildman–Crippen MR) is 87.6 cm³/mol. The Hall–Kier alpha value is -3.07. The molecule has 3 heterocycles. The van der Waals surface area contributed by atoms with E-state index in [1.54, 1.807) is 25.1 Å². The van der Waals surface area contributed by atoms with Crippen molar-refractivity contribution < 1.29 is 13.3 Å². The van der Waals surface area contributed by atoms with Gasteiger partial charge in [0.2, 0.25) is 11.7 Å². The first-order valence-electron chi connectivity index (χ1n) is 7.31. The molecule has 4 rings (SSSR count). The van der Waals surface area contributed by atoms with Crippen LogP contribution in [0.4, 0.5) is 4.39 Å². The standard InChI is InChI=1S/C16H11FN4O3S/c1-9-4-5-10(7-11(9)17)14-18-13(24-20-14)8-21-16(22)23-15(19-21)12-3-2-6-25-12/h2-7H,8H2,1H3. The predicted octanol–water partition coefficient (Wildman–Crippen LogP) is 3.11. The van der Waals surface area contributed by atoms with Crippen molar-refractivity contribution in [3.63, 3.8) is 0 Å². The first-order chi connectivity index (χ1) is 12.1. The monoisotopic (exact) mass is 358 g/mol. The first kappa shape index (κ1) is 15.5. The Bertz CT molecular complexity index is 1080. The largest absolute Gasteiger partial charge is 0.437 e. The SMILES string of the molecule is Cc1ccc(-c2noc(Cn3nc(-c4cccs4)oc3=O)n2)cc1F. The average Bonchev–Trinajstić information content (AvgIpc) is 3.32. The van der Waals surface area contributed by atoms with E-state index in [4.69, 9.17) is 8.94 Å². The van der Waals surface area contributed by atoms with E-state index in [-0.39, 0.29) is 30.0 Å². The third kappa shape index (κ3) is 3.01. The molecule has 0 atom stereocenters. The summed E-state index contributed by atoms with van der Waals surface area (Å²) in [6, 6.07) is 8.31. The number of aryl methyl sites for hydroxylation is 1. The summed E-state index contributed by atoms with van der Waals surface area (Å²) < 4.78 is 25.0. The van der Waals surface area contributed by atoms with Crippen molar-refractivity contribution in [3.8, 4) is 22.2 Å². The van der Waals surface area contributed by atoms with Gasteiger partial charge >= 0.3 is 5.76 Å². The minimum Gasteiger partial charge on any atom is -0.387 e. The lowest BCUT2D eigenvalue weighted by molar-refractivity contribution is 0.360. The summed E-state index contributed by atoms with van der Waals surface area (Å²) >= 11 is 1.41. The summed E-state index contributed by atoms with van der Waals surface area (Å²) in [5, 5.41) is 9.79. The molecule has 0 unspecified atom stereocenters. The highest BCUT2D eigenvalue weighted by molar-refractivity contribution is 7.13. The van der Waals surface area contributed by atoms with E-state index in [9.17, 15) is 9.18 Å². The average molecular weight is 358 g/mol. The lowest BCUT2D eigenvalue weighted by atomic mass is 10.1. The molecule has 4 aromatic rings.